The van der Waals surface area contributed by atoms with Gasteiger partial charge in [-0.25, -0.2) is 0 Å². The third-order valence-electron chi connectivity index (χ3n) is 4.43. The number of piperidine rings is 1. The normalized spacial score (nSPS) is 40.1. The fourth-order valence-electron chi connectivity index (χ4n) is 3.24. The zero-order chi connectivity index (χ0) is 11.2. The molecule has 0 spiro atoms. The van der Waals surface area contributed by atoms with Crippen molar-refractivity contribution in [2.75, 3.05) is 6.54 Å². The zero-order valence-electron chi connectivity index (χ0n) is 9.53. The van der Waals surface area contributed by atoms with Crippen LogP contribution in [0.4, 0.5) is 0 Å². The summed E-state index contributed by atoms with van der Waals surface area (Å²) in [7, 11) is 0. The van der Waals surface area contributed by atoms with Gasteiger partial charge in [-0.3, -0.25) is 0 Å². The Hall–Kier alpha value is -1.33. The highest BCUT2D eigenvalue weighted by atomic mass is 15.1. The second-order valence-corrected chi connectivity index (χ2v) is 5.36. The fraction of sp³-hybridized carbons (Fsp3) is 0.500. The highest BCUT2D eigenvalue weighted by molar-refractivity contribution is 5.33. The largest absolute Gasteiger partial charge is 0.309 e. The van der Waals surface area contributed by atoms with E-state index in [0.717, 1.165) is 19.4 Å². The first-order chi connectivity index (χ1) is 7.70. The van der Waals surface area contributed by atoms with Crippen molar-refractivity contribution >= 4 is 0 Å². The van der Waals surface area contributed by atoms with Gasteiger partial charge in [0.25, 0.3) is 0 Å². The van der Waals surface area contributed by atoms with Crippen LogP contribution in [-0.2, 0) is 6.42 Å². The maximum atomic E-state index is 9.39. The Kier molecular flexibility index (Phi) is 1.90. The molecule has 82 valence electrons. The van der Waals surface area contributed by atoms with E-state index >= 15 is 0 Å². The highest BCUT2D eigenvalue weighted by Gasteiger charge is 2.69. The summed E-state index contributed by atoms with van der Waals surface area (Å²) >= 11 is 0. The molecule has 2 heteroatoms. The van der Waals surface area contributed by atoms with Gasteiger partial charge in [0.05, 0.1) is 11.5 Å². The van der Waals surface area contributed by atoms with E-state index in [9.17, 15) is 5.26 Å². The molecule has 1 aliphatic carbocycles. The highest BCUT2D eigenvalue weighted by Crippen LogP contribution is 2.63. The molecular formula is C14H16N2. The number of nitrogens with one attached hydrogen (secondary N) is 1. The topological polar surface area (TPSA) is 35.8 Å². The molecule has 2 aliphatic rings. The van der Waals surface area contributed by atoms with Crippen LogP contribution in [0.5, 0.6) is 0 Å². The minimum atomic E-state index is -0.0944. The van der Waals surface area contributed by atoms with Crippen LogP contribution < -0.4 is 5.32 Å². The number of hydrogen-bond donors (Lipinski definition) is 1. The minimum absolute atomic E-state index is 0.0340. The van der Waals surface area contributed by atoms with Crippen LogP contribution in [0, 0.1) is 22.7 Å². The molecule has 1 saturated heterocycles. The van der Waals surface area contributed by atoms with E-state index in [2.05, 4.69) is 42.6 Å². The first-order valence-corrected chi connectivity index (χ1v) is 5.90. The third kappa shape index (κ3) is 1.15. The van der Waals surface area contributed by atoms with Crippen molar-refractivity contribution in [3.05, 3.63) is 35.9 Å². The van der Waals surface area contributed by atoms with Gasteiger partial charge in [0, 0.05) is 12.1 Å². The minimum Gasteiger partial charge on any atom is -0.309 e. The molecule has 2 nitrogen and oxygen atoms in total. The van der Waals surface area contributed by atoms with Crippen LogP contribution in [0.25, 0.3) is 0 Å². The van der Waals surface area contributed by atoms with E-state index in [-0.39, 0.29) is 11.0 Å². The standard InChI is InChI=1S/C14H16N2/c1-13(7-11-5-3-2-4-6-11)14(10-15)8-12(14)9-16-13/h2-6,12,16H,7-9H2,1H3. The molecule has 1 aliphatic heterocycles. The summed E-state index contributed by atoms with van der Waals surface area (Å²) in [5, 5.41) is 12.9. The molecule has 3 unspecified atom stereocenters. The van der Waals surface area contributed by atoms with E-state index in [1.807, 2.05) is 6.07 Å². The van der Waals surface area contributed by atoms with Gasteiger partial charge in [0.15, 0.2) is 0 Å². The lowest BCUT2D eigenvalue weighted by molar-refractivity contribution is 0.304. The zero-order valence-corrected chi connectivity index (χ0v) is 9.53. The molecule has 1 aromatic rings. The predicted molar refractivity (Wildman–Crippen MR) is 62.7 cm³/mol. The van der Waals surface area contributed by atoms with Gasteiger partial charge in [-0.05, 0) is 31.2 Å². The molecule has 16 heavy (non-hydrogen) atoms. The molecule has 1 aromatic carbocycles. The lowest BCUT2D eigenvalue weighted by Gasteiger charge is -2.31. The Morgan fingerprint density at radius 2 is 2.19 bits per heavy atom. The van der Waals surface area contributed by atoms with Crippen molar-refractivity contribution in [2.45, 2.75) is 25.3 Å². The van der Waals surface area contributed by atoms with Gasteiger partial charge in [-0.2, -0.15) is 5.26 Å². The van der Waals surface area contributed by atoms with Crippen molar-refractivity contribution < 1.29 is 0 Å². The van der Waals surface area contributed by atoms with Crippen molar-refractivity contribution in [2.24, 2.45) is 11.3 Å². The average molecular weight is 212 g/mol. The Bertz CT molecular complexity index is 448. The van der Waals surface area contributed by atoms with E-state index in [4.69, 9.17) is 0 Å². The summed E-state index contributed by atoms with van der Waals surface area (Å²) in [6, 6.07) is 13.0. The first-order valence-electron chi connectivity index (χ1n) is 5.90. The molecule has 3 rings (SSSR count). The van der Waals surface area contributed by atoms with Crippen LogP contribution in [0.15, 0.2) is 30.3 Å². The maximum absolute atomic E-state index is 9.39. The monoisotopic (exact) mass is 212 g/mol. The molecule has 1 heterocycles. The van der Waals surface area contributed by atoms with Crippen molar-refractivity contribution in [1.82, 2.24) is 5.32 Å². The Morgan fingerprint density at radius 3 is 2.81 bits per heavy atom. The predicted octanol–water partition coefficient (Wildman–Crippen LogP) is 2.12. The Balaban J connectivity index is 1.88. The quantitative estimate of drug-likeness (QED) is 0.815. The second kappa shape index (κ2) is 3.09. The first kappa shape index (κ1) is 9.86. The van der Waals surface area contributed by atoms with E-state index in [0.29, 0.717) is 5.92 Å². The summed E-state index contributed by atoms with van der Waals surface area (Å²) in [4.78, 5) is 0. The lowest BCUT2D eigenvalue weighted by Crippen LogP contribution is -2.47. The number of rotatable bonds is 2. The molecule has 1 saturated carbocycles. The van der Waals surface area contributed by atoms with E-state index in [1.165, 1.54) is 5.56 Å². The second-order valence-electron chi connectivity index (χ2n) is 5.36. The molecule has 0 aromatic heterocycles. The molecule has 0 amide bonds. The molecular weight excluding hydrogens is 196 g/mol. The van der Waals surface area contributed by atoms with Crippen LogP contribution >= 0.6 is 0 Å². The molecule has 2 fully saturated rings. The molecule has 1 N–H and O–H groups in total. The number of nitrogens with zero attached hydrogens (tertiary/aromatic N) is 1. The summed E-state index contributed by atoms with van der Waals surface area (Å²) < 4.78 is 0. The van der Waals surface area contributed by atoms with Crippen molar-refractivity contribution in [1.29, 1.82) is 5.26 Å². The molecule has 0 bridgehead atoms. The summed E-state index contributed by atoms with van der Waals surface area (Å²) in [6.45, 7) is 3.22. The number of hydrogen-bond acceptors (Lipinski definition) is 2. The average Bonchev–Trinajstić information content (AvgIpc) is 2.97. The Morgan fingerprint density at radius 1 is 1.44 bits per heavy atom. The van der Waals surface area contributed by atoms with Gasteiger partial charge >= 0.3 is 0 Å². The van der Waals surface area contributed by atoms with Crippen LogP contribution in [0.3, 0.4) is 0 Å². The van der Waals surface area contributed by atoms with Gasteiger partial charge in [0.1, 0.15) is 0 Å². The van der Waals surface area contributed by atoms with E-state index in [1.54, 1.807) is 0 Å². The van der Waals surface area contributed by atoms with Gasteiger partial charge < -0.3 is 5.32 Å². The number of benzene rings is 1. The smallest absolute Gasteiger partial charge is 0.0799 e. The van der Waals surface area contributed by atoms with Crippen LogP contribution in [0.2, 0.25) is 0 Å². The summed E-state index contributed by atoms with van der Waals surface area (Å²) in [5.41, 5.74) is 1.19. The number of nitriles is 1. The molecule has 0 radical (unpaired) electrons. The SMILES string of the molecule is CC1(Cc2ccccc2)NCC2CC21C#N. The lowest BCUT2D eigenvalue weighted by atomic mass is 9.79. The molecule has 3 atom stereocenters. The van der Waals surface area contributed by atoms with Crippen molar-refractivity contribution in [3.8, 4) is 6.07 Å². The third-order valence-corrected chi connectivity index (χ3v) is 4.43. The Labute approximate surface area is 96.3 Å². The van der Waals surface area contributed by atoms with Crippen molar-refractivity contribution in [3.63, 3.8) is 0 Å². The van der Waals surface area contributed by atoms with Crippen LogP contribution in [0.1, 0.15) is 18.9 Å². The van der Waals surface area contributed by atoms with Crippen LogP contribution in [-0.4, -0.2) is 12.1 Å². The summed E-state index contributed by atoms with van der Waals surface area (Å²) in [5.74, 6) is 0.589. The maximum Gasteiger partial charge on any atom is 0.0799 e. The van der Waals surface area contributed by atoms with Gasteiger partial charge in [-0.1, -0.05) is 30.3 Å². The van der Waals surface area contributed by atoms with Gasteiger partial charge in [0.2, 0.25) is 0 Å². The van der Waals surface area contributed by atoms with Gasteiger partial charge in [-0.15, -0.1) is 0 Å². The number of fused-ring (bicyclic) bond motifs is 1. The summed E-state index contributed by atoms with van der Waals surface area (Å²) in [6.07, 6.45) is 2.04. The van der Waals surface area contributed by atoms with E-state index < -0.39 is 0 Å². The fourth-order valence-corrected chi connectivity index (χ4v) is 3.24.